The molecule has 2 N–H and O–H groups in total. The summed E-state index contributed by atoms with van der Waals surface area (Å²) in [7, 11) is 0. The molecule has 3 saturated carbocycles. The molecular weight excluding hydrogens is 300 g/mol. The maximum Gasteiger partial charge on any atom is 0.120 e. The molecule has 24 heavy (non-hydrogen) atoms. The van der Waals surface area contributed by atoms with Gasteiger partial charge in [0.25, 0.3) is 0 Å². The third-order valence-corrected chi connectivity index (χ3v) is 6.28. The van der Waals surface area contributed by atoms with Crippen molar-refractivity contribution in [1.82, 2.24) is 0 Å². The van der Waals surface area contributed by atoms with Crippen LogP contribution < -0.4 is 0 Å². The van der Waals surface area contributed by atoms with Gasteiger partial charge in [0.2, 0.25) is 0 Å². The zero-order valence-electron chi connectivity index (χ0n) is 14.5. The summed E-state index contributed by atoms with van der Waals surface area (Å²) in [4.78, 5) is 10.4. The maximum absolute atomic E-state index is 10.6. The van der Waals surface area contributed by atoms with Crippen molar-refractivity contribution < 1.29 is 15.0 Å². The van der Waals surface area contributed by atoms with Crippen LogP contribution >= 0.6 is 0 Å². The largest absolute Gasteiger partial charge is 0.392 e. The summed E-state index contributed by atoms with van der Waals surface area (Å²) >= 11 is 0. The highest BCUT2D eigenvalue weighted by atomic mass is 16.3. The summed E-state index contributed by atoms with van der Waals surface area (Å²) < 4.78 is 0. The van der Waals surface area contributed by atoms with Gasteiger partial charge in [-0.25, -0.2) is 0 Å². The van der Waals surface area contributed by atoms with Crippen LogP contribution in [0.25, 0.3) is 0 Å². The molecule has 4 unspecified atom stereocenters. The minimum Gasteiger partial charge on any atom is -0.392 e. The molecule has 0 aromatic rings. The minimum absolute atomic E-state index is 0.0548. The number of aliphatic hydroxyl groups is 2. The Kier molecular flexibility index (Phi) is 5.79. The second-order valence-corrected chi connectivity index (χ2v) is 7.95. The number of carbonyl (C=O) groups is 1. The summed E-state index contributed by atoms with van der Waals surface area (Å²) in [6.07, 6.45) is 12.9. The van der Waals surface area contributed by atoms with E-state index in [1.165, 1.54) is 12.0 Å². The molecule has 0 heterocycles. The molecule has 3 nitrogen and oxygen atoms in total. The lowest BCUT2D eigenvalue weighted by atomic mass is 9.57. The van der Waals surface area contributed by atoms with Crippen LogP contribution in [0.1, 0.15) is 70.6 Å². The molecule has 3 heteroatoms. The third kappa shape index (κ3) is 3.92. The highest BCUT2D eigenvalue weighted by Gasteiger charge is 2.46. The van der Waals surface area contributed by atoms with E-state index in [-0.39, 0.29) is 12.0 Å². The van der Waals surface area contributed by atoms with Gasteiger partial charge in [-0.1, -0.05) is 42.8 Å². The molecule has 0 aromatic carbocycles. The molecule has 0 saturated heterocycles. The van der Waals surface area contributed by atoms with E-state index >= 15 is 0 Å². The summed E-state index contributed by atoms with van der Waals surface area (Å²) in [6.45, 7) is 0. The highest BCUT2D eigenvalue weighted by molar-refractivity contribution is 5.49. The molecule has 132 valence electrons. The number of hydrogen-bond donors (Lipinski definition) is 2. The van der Waals surface area contributed by atoms with Gasteiger partial charge in [0.15, 0.2) is 0 Å². The second-order valence-electron chi connectivity index (χ2n) is 7.95. The van der Waals surface area contributed by atoms with Gasteiger partial charge < -0.3 is 15.0 Å². The summed E-state index contributed by atoms with van der Waals surface area (Å²) in [6, 6.07) is 0. The van der Waals surface area contributed by atoms with Gasteiger partial charge in [0, 0.05) is 18.8 Å². The van der Waals surface area contributed by atoms with Gasteiger partial charge in [0.05, 0.1) is 11.7 Å². The monoisotopic (exact) mass is 330 g/mol. The molecule has 0 radical (unpaired) electrons. The van der Waals surface area contributed by atoms with E-state index < -0.39 is 5.60 Å². The summed E-state index contributed by atoms with van der Waals surface area (Å²) in [5.41, 5.74) is 0.871. The number of aliphatic hydroxyl groups excluding tert-OH is 1. The molecule has 3 aliphatic carbocycles. The van der Waals surface area contributed by atoms with E-state index in [1.807, 2.05) is 0 Å². The fourth-order valence-electron chi connectivity index (χ4n) is 4.77. The minimum atomic E-state index is -0.593. The van der Waals surface area contributed by atoms with Crippen LogP contribution in [0.5, 0.6) is 0 Å². The predicted molar refractivity (Wildman–Crippen MR) is 94.1 cm³/mol. The van der Waals surface area contributed by atoms with Crippen molar-refractivity contribution >= 4 is 6.29 Å². The fraction of sp³-hybridized carbons (Fsp3) is 0.762. The average molecular weight is 330 g/mol. The maximum atomic E-state index is 10.6. The second kappa shape index (κ2) is 7.85. The lowest BCUT2D eigenvalue weighted by Crippen LogP contribution is -2.44. The Hall–Kier alpha value is -1.11. The zero-order chi connectivity index (χ0) is 17.0. The van der Waals surface area contributed by atoms with E-state index in [9.17, 15) is 15.0 Å². The Morgan fingerprint density at radius 1 is 1.17 bits per heavy atom. The highest BCUT2D eigenvalue weighted by Crippen LogP contribution is 2.51. The van der Waals surface area contributed by atoms with Gasteiger partial charge >= 0.3 is 0 Å². The van der Waals surface area contributed by atoms with Crippen LogP contribution in [-0.4, -0.2) is 28.2 Å². The zero-order valence-corrected chi connectivity index (χ0v) is 14.5. The Morgan fingerprint density at radius 2 is 1.96 bits per heavy atom. The number of fused-ring (bicyclic) bond motifs is 1. The van der Waals surface area contributed by atoms with Crippen molar-refractivity contribution in [2.75, 3.05) is 0 Å². The van der Waals surface area contributed by atoms with Crippen molar-refractivity contribution in [3.05, 3.63) is 11.6 Å². The van der Waals surface area contributed by atoms with Crippen molar-refractivity contribution in [2.45, 2.75) is 82.3 Å². The third-order valence-electron chi connectivity index (χ3n) is 6.28. The first-order valence-electron chi connectivity index (χ1n) is 9.64. The van der Waals surface area contributed by atoms with Crippen LogP contribution in [0.3, 0.4) is 0 Å². The van der Waals surface area contributed by atoms with Crippen molar-refractivity contribution in [2.24, 2.45) is 17.8 Å². The van der Waals surface area contributed by atoms with E-state index in [0.717, 1.165) is 57.7 Å². The molecule has 3 fully saturated rings. The lowest BCUT2D eigenvalue weighted by molar-refractivity contribution is -0.107. The molecule has 3 rings (SSSR count). The Balaban J connectivity index is 1.58. The molecule has 3 aliphatic rings. The van der Waals surface area contributed by atoms with E-state index in [1.54, 1.807) is 0 Å². The van der Waals surface area contributed by atoms with E-state index in [4.69, 9.17) is 0 Å². The quantitative estimate of drug-likeness (QED) is 0.359. The molecule has 0 aliphatic heterocycles. The summed E-state index contributed by atoms with van der Waals surface area (Å²) in [5.74, 6) is 7.61. The van der Waals surface area contributed by atoms with Gasteiger partial charge in [-0.15, -0.1) is 0 Å². The predicted octanol–water partition coefficient (Wildman–Crippen LogP) is 3.39. The molecule has 4 atom stereocenters. The summed E-state index contributed by atoms with van der Waals surface area (Å²) in [5, 5.41) is 20.9. The van der Waals surface area contributed by atoms with Crippen LogP contribution in [0.15, 0.2) is 11.6 Å². The first kappa shape index (κ1) is 17.7. The van der Waals surface area contributed by atoms with Crippen LogP contribution in [0.4, 0.5) is 0 Å². The topological polar surface area (TPSA) is 57.5 Å². The van der Waals surface area contributed by atoms with Crippen molar-refractivity contribution in [1.29, 1.82) is 0 Å². The number of rotatable bonds is 4. The van der Waals surface area contributed by atoms with Crippen LogP contribution in [-0.2, 0) is 4.79 Å². The van der Waals surface area contributed by atoms with Gasteiger partial charge in [-0.3, -0.25) is 0 Å². The Bertz CT molecular complexity index is 533. The lowest BCUT2D eigenvalue weighted by Gasteiger charge is -2.48. The van der Waals surface area contributed by atoms with Crippen molar-refractivity contribution in [3.8, 4) is 11.8 Å². The number of allylic oxidation sites excluding steroid dienone is 2. The van der Waals surface area contributed by atoms with E-state index in [0.29, 0.717) is 24.7 Å². The van der Waals surface area contributed by atoms with Gasteiger partial charge in [0.1, 0.15) is 6.29 Å². The van der Waals surface area contributed by atoms with E-state index in [2.05, 4.69) is 17.9 Å². The first-order valence-corrected chi connectivity index (χ1v) is 9.64. The number of aldehydes is 1. The smallest absolute Gasteiger partial charge is 0.120 e. The Labute approximate surface area is 145 Å². The van der Waals surface area contributed by atoms with Crippen LogP contribution in [0, 0.1) is 29.6 Å². The molecule has 0 spiro atoms. The van der Waals surface area contributed by atoms with Crippen LogP contribution in [0.2, 0.25) is 0 Å². The normalized spacial score (nSPS) is 36.2. The van der Waals surface area contributed by atoms with Gasteiger partial charge in [-0.2, -0.15) is 0 Å². The standard InChI is InChI=1S/C21H30O3/c22-14-5-2-7-16-15-19-17(16)9-10-20(23)18(19)8-6-13-21(24)11-3-1-4-12-21/h7,14,17-20,23-24H,1-5,9-13,15H2/b16-7+. The number of unbranched alkanes of at least 4 members (excludes halogenated alkanes) is 1. The Morgan fingerprint density at radius 3 is 2.71 bits per heavy atom. The first-order chi connectivity index (χ1) is 11.6. The molecule has 0 aromatic heterocycles. The molecular formula is C21H30O3. The molecule has 0 amide bonds. The number of hydrogen-bond acceptors (Lipinski definition) is 3. The average Bonchev–Trinajstić information content (AvgIpc) is 2.55. The van der Waals surface area contributed by atoms with Crippen molar-refractivity contribution in [3.63, 3.8) is 0 Å². The molecule has 0 bridgehead atoms. The fourth-order valence-corrected chi connectivity index (χ4v) is 4.77. The number of carbonyl (C=O) groups excluding carboxylic acids is 1. The van der Waals surface area contributed by atoms with Gasteiger partial charge in [-0.05, 0) is 50.4 Å². The SMILES string of the molecule is O=CCC/C=C1\CC2C1CCC(O)C2C#CCC1(O)CCCCC1.